The second kappa shape index (κ2) is 28.1. The van der Waals surface area contributed by atoms with E-state index < -0.39 is 29.3 Å². The average Bonchev–Trinajstić information content (AvgIpc) is 3.96. The van der Waals surface area contributed by atoms with Crippen LogP contribution < -0.4 is 10.6 Å². The first-order chi connectivity index (χ1) is 38.7. The molecule has 11 nitrogen and oxygen atoms in total. The number of nitrogens with zero attached hydrogens (tertiary/aromatic N) is 4. The number of rotatable bonds is 22. The minimum atomic E-state index is -0.828. The fraction of sp³-hybridized carbons (Fsp3) is 0.418. The molecule has 0 bridgehead atoms. The van der Waals surface area contributed by atoms with Gasteiger partial charge in [-0.2, -0.15) is 10.5 Å². The van der Waals surface area contributed by atoms with E-state index in [-0.39, 0.29) is 66.2 Å². The molecule has 2 amide bonds. The predicted octanol–water partition coefficient (Wildman–Crippen LogP) is 12.4. The van der Waals surface area contributed by atoms with E-state index in [0.717, 1.165) is 61.8 Å². The molecule has 0 aliphatic carbocycles. The first-order valence-corrected chi connectivity index (χ1v) is 28.5. The Bertz CT molecular complexity index is 2990. The van der Waals surface area contributed by atoms with Crippen LogP contribution >= 0.6 is 0 Å². The van der Waals surface area contributed by atoms with Crippen LogP contribution in [-0.4, -0.2) is 89.1 Å². The Morgan fingerprint density at radius 3 is 1.44 bits per heavy atom. The van der Waals surface area contributed by atoms with Crippen LogP contribution in [0.5, 0.6) is 0 Å². The van der Waals surface area contributed by atoms with Crippen LogP contribution in [0.3, 0.4) is 0 Å². The Balaban J connectivity index is 0.000000211. The molecule has 3 heterocycles. The molecule has 3 aliphatic heterocycles. The Morgan fingerprint density at radius 1 is 0.537 bits per heavy atom. The van der Waals surface area contributed by atoms with Crippen LogP contribution in [0.4, 0.5) is 13.6 Å². The number of ether oxygens (including phenoxy) is 4. The van der Waals surface area contributed by atoms with Crippen molar-refractivity contribution in [2.24, 2.45) is 0 Å². The molecule has 0 saturated carbocycles. The van der Waals surface area contributed by atoms with Crippen molar-refractivity contribution in [1.82, 2.24) is 20.4 Å². The van der Waals surface area contributed by atoms with Gasteiger partial charge in [-0.25, -0.2) is 13.6 Å². The molecular formula is C67H78F2N6O5. The maximum absolute atomic E-state index is 14.7. The smallest absolute Gasteiger partial charge is 0.321 e. The van der Waals surface area contributed by atoms with E-state index in [4.69, 9.17) is 18.9 Å². The third-order valence-corrected chi connectivity index (χ3v) is 15.3. The van der Waals surface area contributed by atoms with Crippen molar-refractivity contribution in [3.63, 3.8) is 0 Å². The van der Waals surface area contributed by atoms with Gasteiger partial charge < -0.3 is 39.4 Å². The van der Waals surface area contributed by atoms with E-state index in [1.54, 1.807) is 24.3 Å². The van der Waals surface area contributed by atoms with Gasteiger partial charge in [-0.05, 0) is 130 Å². The number of halogens is 2. The quantitative estimate of drug-likeness (QED) is 0.0638. The largest absolute Gasteiger partial charge is 0.343 e. The molecule has 80 heavy (non-hydrogen) atoms. The van der Waals surface area contributed by atoms with Crippen LogP contribution in [0.2, 0.25) is 0 Å². The van der Waals surface area contributed by atoms with Gasteiger partial charge in [0.15, 0.2) is 11.6 Å². The molecule has 0 unspecified atom stereocenters. The van der Waals surface area contributed by atoms with Gasteiger partial charge in [-0.15, -0.1) is 0 Å². The molecule has 420 valence electrons. The van der Waals surface area contributed by atoms with Gasteiger partial charge in [0.1, 0.15) is 48.2 Å². The zero-order chi connectivity index (χ0) is 56.7. The summed E-state index contributed by atoms with van der Waals surface area (Å²) in [6, 6.07) is 53.5. The second-order valence-corrected chi connectivity index (χ2v) is 22.2. The third kappa shape index (κ3) is 15.8. The van der Waals surface area contributed by atoms with E-state index in [0.29, 0.717) is 31.5 Å². The topological polar surface area (TPSA) is 132 Å². The number of unbranched alkanes of at least 4 members (excludes halogenated alkanes) is 2. The standard InChI is InChI=1S/C34H38FN3O3.C33H40FN3O2/c1-4-5-18-37-29(20-24-12-8-6-9-13-24)31-32(41-34(2,3)40-31)30(21-25-14-10-7-11-15-25)38(33(37)39)23-26-16-17-28(35)27(19-26)22-36;1-4-5-18-36-29(20-24-12-8-6-9-13-24)31-32(39-33(2,3)38-31)30(21-25-14-10-7-11-15-25)37-23-26-16-17-28(34)27(19-26)22-35/h6-17,19,29-32H,4-5,18,20-21,23H2,1-3H3;6-17,19,29-32,36-37H,4-5,18,20-21,23H2,1-3H3/t2*29-,30-,31+,32+/m11/s1. The van der Waals surface area contributed by atoms with Gasteiger partial charge in [0.05, 0.1) is 23.2 Å². The molecule has 2 N–H and O–H groups in total. The number of fused-ring (bicyclic) bond motifs is 1. The predicted molar refractivity (Wildman–Crippen MR) is 308 cm³/mol. The highest BCUT2D eigenvalue weighted by atomic mass is 19.1. The molecule has 6 aromatic carbocycles. The molecule has 8 atom stereocenters. The molecule has 0 radical (unpaired) electrons. The second-order valence-electron chi connectivity index (χ2n) is 22.2. The Labute approximate surface area is 472 Å². The summed E-state index contributed by atoms with van der Waals surface area (Å²) in [6.45, 7) is 14.3. The number of hydrogen-bond acceptors (Lipinski definition) is 9. The van der Waals surface area contributed by atoms with Crippen molar-refractivity contribution in [2.45, 2.75) is 166 Å². The zero-order valence-electron chi connectivity index (χ0n) is 47.2. The highest BCUT2D eigenvalue weighted by Crippen LogP contribution is 2.41. The zero-order valence-corrected chi connectivity index (χ0v) is 47.2. The van der Waals surface area contributed by atoms with E-state index in [1.807, 2.05) is 110 Å². The lowest BCUT2D eigenvalue weighted by Gasteiger charge is -2.37. The number of amides is 2. The third-order valence-electron chi connectivity index (χ3n) is 15.3. The lowest BCUT2D eigenvalue weighted by atomic mass is 9.91. The van der Waals surface area contributed by atoms with Gasteiger partial charge in [-0.1, -0.05) is 160 Å². The maximum Gasteiger partial charge on any atom is 0.321 e. The van der Waals surface area contributed by atoms with Crippen molar-refractivity contribution in [3.05, 3.63) is 214 Å². The van der Waals surface area contributed by atoms with Crippen molar-refractivity contribution in [1.29, 1.82) is 10.5 Å². The minimum absolute atomic E-state index is 0.0337. The maximum atomic E-state index is 14.7. The Morgan fingerprint density at radius 2 is 0.963 bits per heavy atom. The number of nitrogens with one attached hydrogen (secondary N) is 2. The number of carbonyl (C=O) groups is 1. The van der Waals surface area contributed by atoms with E-state index >= 15 is 0 Å². The van der Waals surface area contributed by atoms with Gasteiger partial charge >= 0.3 is 6.03 Å². The highest BCUT2D eigenvalue weighted by molar-refractivity contribution is 5.76. The SMILES string of the molecule is CCCCN1C(=O)N(Cc2ccc(F)c(C#N)c2)[C@H](Cc2ccccc2)[C@@H]2OC(C)(C)O[C@H]2[C@H]1Cc1ccccc1.CCCCN[C@H](Cc1ccccc1)[C@@H]1OC(C)(C)O[C@H]1[C@@H](Cc1ccccc1)NCc1ccc(F)c(C#N)c1. The fourth-order valence-corrected chi connectivity index (χ4v) is 11.4. The van der Waals surface area contributed by atoms with Gasteiger partial charge in [0.2, 0.25) is 0 Å². The van der Waals surface area contributed by atoms with Gasteiger partial charge in [-0.3, -0.25) is 0 Å². The summed E-state index contributed by atoms with van der Waals surface area (Å²) in [5.41, 5.74) is 6.22. The first-order valence-electron chi connectivity index (χ1n) is 28.5. The van der Waals surface area contributed by atoms with E-state index in [1.165, 1.54) is 23.3 Å². The number of carbonyl (C=O) groups excluding carboxylic acids is 1. The normalized spacial score (nSPS) is 21.8. The fourth-order valence-electron chi connectivity index (χ4n) is 11.4. The van der Waals surface area contributed by atoms with Crippen molar-refractivity contribution in [3.8, 4) is 12.1 Å². The molecule has 0 aromatic heterocycles. The van der Waals surface area contributed by atoms with Crippen LogP contribution in [-0.2, 0) is 57.7 Å². The number of nitriles is 2. The number of hydrogen-bond donors (Lipinski definition) is 2. The number of benzene rings is 6. The Hall–Kier alpha value is -6.81. The average molecular weight is 1090 g/mol. The molecule has 6 aromatic rings. The lowest BCUT2D eigenvalue weighted by Crippen LogP contribution is -2.54. The molecule has 3 fully saturated rings. The summed E-state index contributed by atoms with van der Waals surface area (Å²) in [7, 11) is 0. The summed E-state index contributed by atoms with van der Waals surface area (Å²) in [6.07, 6.45) is 5.58. The van der Waals surface area contributed by atoms with Crippen LogP contribution in [0.25, 0.3) is 0 Å². The first kappa shape index (κ1) is 59.3. The molecule has 9 rings (SSSR count). The van der Waals surface area contributed by atoms with E-state index in [2.05, 4.69) is 85.1 Å². The van der Waals surface area contributed by atoms with Gasteiger partial charge in [0, 0.05) is 31.7 Å². The van der Waals surface area contributed by atoms with Crippen LogP contribution in [0.1, 0.15) is 112 Å². The summed E-state index contributed by atoms with van der Waals surface area (Å²) in [4.78, 5) is 18.5. The van der Waals surface area contributed by atoms with Crippen molar-refractivity contribution >= 4 is 6.03 Å². The minimum Gasteiger partial charge on any atom is -0.343 e. The number of urea groups is 1. The molecule has 3 saturated heterocycles. The van der Waals surface area contributed by atoms with Crippen molar-refractivity contribution < 1.29 is 32.5 Å². The molecular weight excluding hydrogens is 1010 g/mol. The monoisotopic (exact) mass is 1080 g/mol. The summed E-state index contributed by atoms with van der Waals surface area (Å²) in [5.74, 6) is -2.64. The van der Waals surface area contributed by atoms with E-state index in [9.17, 15) is 24.1 Å². The molecule has 0 spiro atoms. The van der Waals surface area contributed by atoms with Crippen LogP contribution in [0, 0.1) is 34.3 Å². The van der Waals surface area contributed by atoms with Crippen LogP contribution in [0.15, 0.2) is 158 Å². The highest BCUT2D eigenvalue weighted by Gasteiger charge is 2.55. The summed E-state index contributed by atoms with van der Waals surface area (Å²) >= 11 is 0. The Kier molecular flexibility index (Phi) is 20.8. The molecule has 3 aliphatic rings. The molecule has 13 heteroatoms. The van der Waals surface area contributed by atoms with Crippen molar-refractivity contribution in [2.75, 3.05) is 13.1 Å². The van der Waals surface area contributed by atoms with Gasteiger partial charge in [0.25, 0.3) is 0 Å². The summed E-state index contributed by atoms with van der Waals surface area (Å²) in [5, 5.41) is 26.2. The lowest BCUT2D eigenvalue weighted by molar-refractivity contribution is -0.157. The summed E-state index contributed by atoms with van der Waals surface area (Å²) < 4.78 is 54.8.